The Morgan fingerprint density at radius 2 is 1.84 bits per heavy atom. The summed E-state index contributed by atoms with van der Waals surface area (Å²) in [4.78, 5) is 44.9. The van der Waals surface area contributed by atoms with E-state index in [-0.39, 0.29) is 30.3 Å². The van der Waals surface area contributed by atoms with Crippen molar-refractivity contribution in [2.24, 2.45) is 0 Å². The van der Waals surface area contributed by atoms with Crippen molar-refractivity contribution in [1.82, 2.24) is 15.1 Å². The first-order chi connectivity index (χ1) is 15.5. The minimum absolute atomic E-state index is 0.00712. The van der Waals surface area contributed by atoms with Crippen molar-refractivity contribution in [2.45, 2.75) is 82.5 Å². The largest absolute Gasteiger partial charge is 0.350 e. The zero-order valence-corrected chi connectivity index (χ0v) is 19.0. The first-order valence-electron chi connectivity index (χ1n) is 12.2. The van der Waals surface area contributed by atoms with Gasteiger partial charge in [0.15, 0.2) is 0 Å². The van der Waals surface area contributed by atoms with E-state index < -0.39 is 5.66 Å². The number of para-hydroxylation sites is 1. The summed E-state index contributed by atoms with van der Waals surface area (Å²) in [6.45, 7) is 3.82. The van der Waals surface area contributed by atoms with Gasteiger partial charge in [0.25, 0.3) is 5.91 Å². The fraction of sp³-hybridized carbons (Fsp3) is 0.640. The molecule has 2 atom stereocenters. The maximum atomic E-state index is 13.3. The third kappa shape index (κ3) is 3.70. The summed E-state index contributed by atoms with van der Waals surface area (Å²) in [6, 6.07) is 8.00. The molecule has 3 amide bonds. The molecule has 3 heterocycles. The highest BCUT2D eigenvalue weighted by Crippen LogP contribution is 2.43. The lowest BCUT2D eigenvalue weighted by Crippen LogP contribution is -2.64. The Morgan fingerprint density at radius 3 is 2.62 bits per heavy atom. The van der Waals surface area contributed by atoms with Crippen molar-refractivity contribution in [1.29, 1.82) is 0 Å². The van der Waals surface area contributed by atoms with E-state index in [1.54, 1.807) is 21.9 Å². The molecule has 1 N–H and O–H groups in total. The standard InChI is InChI=1S/C25H34N4O3/c1-25-14-12-23(31)29(25)21-11-7-6-10-20(21)24(32)28(25)17-22(30)26-18-13-15-27(16-18)19-8-4-2-3-5-9-19/h6-7,10-11,18-19H,2-5,8-9,12-17H2,1H3,(H,26,30). The van der Waals surface area contributed by atoms with Crippen LogP contribution in [0.15, 0.2) is 24.3 Å². The summed E-state index contributed by atoms with van der Waals surface area (Å²) in [6.07, 6.45) is 9.73. The number of nitrogens with one attached hydrogen (secondary N) is 1. The molecule has 32 heavy (non-hydrogen) atoms. The summed E-state index contributed by atoms with van der Waals surface area (Å²) in [7, 11) is 0. The van der Waals surface area contributed by atoms with Crippen LogP contribution in [0.3, 0.4) is 0 Å². The van der Waals surface area contributed by atoms with E-state index in [1.807, 2.05) is 19.1 Å². The SMILES string of the molecule is CC12CCC(=O)N1c1ccccc1C(=O)N2CC(=O)NC1CCN(C2CCCCCC2)C1. The van der Waals surface area contributed by atoms with Crippen LogP contribution in [0.25, 0.3) is 0 Å². The maximum Gasteiger partial charge on any atom is 0.258 e. The minimum atomic E-state index is -0.790. The summed E-state index contributed by atoms with van der Waals surface area (Å²) in [5.74, 6) is -0.297. The van der Waals surface area contributed by atoms with Crippen LogP contribution in [0.1, 0.15) is 75.1 Å². The second-order valence-corrected chi connectivity index (χ2v) is 10.0. The Labute approximate surface area is 190 Å². The molecule has 4 aliphatic rings. The van der Waals surface area contributed by atoms with Gasteiger partial charge in [-0.2, -0.15) is 0 Å². The Kier molecular flexibility index (Phi) is 5.70. The van der Waals surface area contributed by atoms with Crippen molar-refractivity contribution >= 4 is 23.4 Å². The van der Waals surface area contributed by atoms with Crippen LogP contribution >= 0.6 is 0 Å². The number of hydrogen-bond donors (Lipinski definition) is 1. The normalized spacial score (nSPS) is 29.1. The quantitative estimate of drug-likeness (QED) is 0.734. The molecule has 0 spiro atoms. The van der Waals surface area contributed by atoms with Gasteiger partial charge in [-0.3, -0.25) is 24.2 Å². The summed E-state index contributed by atoms with van der Waals surface area (Å²) in [5, 5.41) is 3.19. The van der Waals surface area contributed by atoms with Crippen LogP contribution < -0.4 is 10.2 Å². The molecule has 2 unspecified atom stereocenters. The van der Waals surface area contributed by atoms with Crippen LogP contribution in [-0.4, -0.2) is 64.9 Å². The maximum absolute atomic E-state index is 13.3. The fourth-order valence-corrected chi connectivity index (χ4v) is 6.22. The van der Waals surface area contributed by atoms with Crippen LogP contribution in [0, 0.1) is 0 Å². The molecule has 1 aromatic carbocycles. The van der Waals surface area contributed by atoms with Gasteiger partial charge in [-0.05, 0) is 44.7 Å². The fourth-order valence-electron chi connectivity index (χ4n) is 6.22. The van der Waals surface area contributed by atoms with Crippen molar-refractivity contribution in [3.05, 3.63) is 29.8 Å². The summed E-state index contributed by atoms with van der Waals surface area (Å²) in [5.41, 5.74) is 0.365. The molecule has 0 aromatic heterocycles. The van der Waals surface area contributed by atoms with E-state index in [4.69, 9.17) is 0 Å². The van der Waals surface area contributed by atoms with Crippen LogP contribution in [-0.2, 0) is 9.59 Å². The number of amides is 3. The topological polar surface area (TPSA) is 73.0 Å². The van der Waals surface area contributed by atoms with Gasteiger partial charge in [0.2, 0.25) is 11.8 Å². The Balaban J connectivity index is 1.26. The number of rotatable bonds is 4. The molecule has 5 rings (SSSR count). The van der Waals surface area contributed by atoms with Crippen molar-refractivity contribution in [3.63, 3.8) is 0 Å². The predicted molar refractivity (Wildman–Crippen MR) is 122 cm³/mol. The molecule has 1 aliphatic carbocycles. The molecular formula is C25H34N4O3. The molecule has 0 bridgehead atoms. The lowest BCUT2D eigenvalue weighted by atomic mass is 9.98. The van der Waals surface area contributed by atoms with Gasteiger partial charge in [0.05, 0.1) is 11.3 Å². The lowest BCUT2D eigenvalue weighted by molar-refractivity contribution is -0.124. The first kappa shape index (κ1) is 21.4. The monoisotopic (exact) mass is 438 g/mol. The number of benzene rings is 1. The number of hydrogen-bond acceptors (Lipinski definition) is 4. The van der Waals surface area contributed by atoms with Gasteiger partial charge in [-0.25, -0.2) is 0 Å². The summed E-state index contributed by atoms with van der Waals surface area (Å²) >= 11 is 0. The van der Waals surface area contributed by atoms with Gasteiger partial charge in [-0.15, -0.1) is 0 Å². The number of carbonyl (C=O) groups is 3. The Hall–Kier alpha value is -2.41. The van der Waals surface area contributed by atoms with E-state index in [0.29, 0.717) is 30.1 Å². The number of anilines is 1. The zero-order chi connectivity index (χ0) is 22.3. The average molecular weight is 439 g/mol. The molecule has 7 heteroatoms. The second-order valence-electron chi connectivity index (χ2n) is 10.0. The molecule has 3 aliphatic heterocycles. The highest BCUT2D eigenvalue weighted by molar-refractivity contribution is 6.11. The molecule has 2 saturated heterocycles. The lowest BCUT2D eigenvalue weighted by Gasteiger charge is -2.48. The first-order valence-corrected chi connectivity index (χ1v) is 12.2. The number of likely N-dealkylation sites (tertiary alicyclic amines) is 1. The average Bonchev–Trinajstić information content (AvgIpc) is 3.24. The van der Waals surface area contributed by atoms with E-state index >= 15 is 0 Å². The second kappa shape index (κ2) is 8.50. The highest BCUT2D eigenvalue weighted by Gasteiger charge is 2.53. The number of nitrogens with zero attached hydrogens (tertiary/aromatic N) is 3. The molecule has 7 nitrogen and oxygen atoms in total. The van der Waals surface area contributed by atoms with Crippen LogP contribution in [0.4, 0.5) is 5.69 Å². The zero-order valence-electron chi connectivity index (χ0n) is 19.0. The highest BCUT2D eigenvalue weighted by atomic mass is 16.2. The Morgan fingerprint density at radius 1 is 1.09 bits per heavy atom. The van der Waals surface area contributed by atoms with Gasteiger partial charge in [-0.1, -0.05) is 37.8 Å². The Bertz CT molecular complexity index is 910. The minimum Gasteiger partial charge on any atom is -0.350 e. The van der Waals surface area contributed by atoms with Crippen molar-refractivity contribution in [3.8, 4) is 0 Å². The van der Waals surface area contributed by atoms with E-state index in [1.165, 1.54) is 38.5 Å². The molecule has 1 aromatic rings. The molecular weight excluding hydrogens is 404 g/mol. The van der Waals surface area contributed by atoms with E-state index in [2.05, 4.69) is 10.2 Å². The molecule has 3 fully saturated rings. The third-order valence-electron chi connectivity index (χ3n) is 7.97. The van der Waals surface area contributed by atoms with Crippen LogP contribution in [0.5, 0.6) is 0 Å². The van der Waals surface area contributed by atoms with Gasteiger partial charge < -0.3 is 10.2 Å². The number of carbonyl (C=O) groups excluding carboxylic acids is 3. The predicted octanol–water partition coefficient (Wildman–Crippen LogP) is 2.90. The van der Waals surface area contributed by atoms with Gasteiger partial charge in [0.1, 0.15) is 12.2 Å². The van der Waals surface area contributed by atoms with Crippen molar-refractivity contribution < 1.29 is 14.4 Å². The smallest absolute Gasteiger partial charge is 0.258 e. The van der Waals surface area contributed by atoms with E-state index in [0.717, 1.165) is 19.5 Å². The summed E-state index contributed by atoms with van der Waals surface area (Å²) < 4.78 is 0. The van der Waals surface area contributed by atoms with Crippen molar-refractivity contribution in [2.75, 3.05) is 24.5 Å². The third-order valence-corrected chi connectivity index (χ3v) is 7.97. The molecule has 172 valence electrons. The van der Waals surface area contributed by atoms with Gasteiger partial charge in [0, 0.05) is 31.6 Å². The molecule has 1 saturated carbocycles. The van der Waals surface area contributed by atoms with Crippen LogP contribution in [0.2, 0.25) is 0 Å². The van der Waals surface area contributed by atoms with Gasteiger partial charge >= 0.3 is 0 Å². The van der Waals surface area contributed by atoms with E-state index in [9.17, 15) is 14.4 Å². The molecule has 0 radical (unpaired) electrons. The number of fused-ring (bicyclic) bond motifs is 3.